The van der Waals surface area contributed by atoms with Crippen molar-refractivity contribution in [3.05, 3.63) is 42.6 Å². The molecule has 0 aliphatic heterocycles. The predicted molar refractivity (Wildman–Crippen MR) is 106 cm³/mol. The molecule has 2 N–H and O–H groups in total. The van der Waals surface area contributed by atoms with Crippen LogP contribution in [0.1, 0.15) is 20.3 Å². The number of carbonyl (C=O) groups is 1. The Morgan fingerprint density at radius 1 is 1.07 bits per heavy atom. The van der Waals surface area contributed by atoms with Crippen LogP contribution in [-0.4, -0.2) is 39.6 Å². The molecule has 8 nitrogen and oxygen atoms in total. The van der Waals surface area contributed by atoms with Gasteiger partial charge in [-0.3, -0.25) is 4.79 Å². The first-order valence-corrected chi connectivity index (χ1v) is 10.2. The van der Waals surface area contributed by atoms with Gasteiger partial charge in [0.15, 0.2) is 0 Å². The lowest BCUT2D eigenvalue weighted by atomic mass is 10.0. The summed E-state index contributed by atoms with van der Waals surface area (Å²) in [7, 11) is -0.888. The Morgan fingerprint density at radius 3 is 2.25 bits per heavy atom. The smallest absolute Gasteiger partial charge is 0.242 e. The number of methoxy groups -OCH3 is 2. The SMILES string of the molecule is COc1ccc(S(=O)(=O)NC(CC(C)C)C(=O)Nc2ccc(OC)nc2)cc1. The van der Waals surface area contributed by atoms with Crippen LogP contribution in [0.2, 0.25) is 0 Å². The van der Waals surface area contributed by atoms with Gasteiger partial charge in [0.25, 0.3) is 0 Å². The summed E-state index contributed by atoms with van der Waals surface area (Å²) in [5.41, 5.74) is 0.447. The van der Waals surface area contributed by atoms with E-state index >= 15 is 0 Å². The van der Waals surface area contributed by atoms with Crippen LogP contribution < -0.4 is 19.5 Å². The van der Waals surface area contributed by atoms with E-state index in [-0.39, 0.29) is 10.8 Å². The van der Waals surface area contributed by atoms with Crippen molar-refractivity contribution in [3.8, 4) is 11.6 Å². The first kappa shape index (κ1) is 21.6. The molecule has 1 amide bonds. The Labute approximate surface area is 165 Å². The van der Waals surface area contributed by atoms with Crippen LogP contribution in [0.3, 0.4) is 0 Å². The Bertz CT molecular complexity index is 881. The number of hydrogen-bond acceptors (Lipinski definition) is 6. The highest BCUT2D eigenvalue weighted by Gasteiger charge is 2.26. The van der Waals surface area contributed by atoms with E-state index in [0.29, 0.717) is 23.7 Å². The number of benzene rings is 1. The molecule has 0 aliphatic rings. The zero-order valence-corrected chi connectivity index (χ0v) is 17.1. The number of nitrogens with zero attached hydrogens (tertiary/aromatic N) is 1. The summed E-state index contributed by atoms with van der Waals surface area (Å²) in [6.45, 7) is 3.83. The van der Waals surface area contributed by atoms with Gasteiger partial charge in [-0.15, -0.1) is 0 Å². The minimum atomic E-state index is -3.88. The van der Waals surface area contributed by atoms with Gasteiger partial charge in [0, 0.05) is 6.07 Å². The van der Waals surface area contributed by atoms with Gasteiger partial charge in [-0.2, -0.15) is 4.72 Å². The number of amides is 1. The lowest BCUT2D eigenvalue weighted by Gasteiger charge is -2.20. The second-order valence-electron chi connectivity index (χ2n) is 6.56. The fraction of sp³-hybridized carbons (Fsp3) is 0.368. The van der Waals surface area contributed by atoms with E-state index in [4.69, 9.17) is 9.47 Å². The summed E-state index contributed by atoms with van der Waals surface area (Å²) in [4.78, 5) is 16.8. The van der Waals surface area contributed by atoms with E-state index < -0.39 is 22.0 Å². The van der Waals surface area contributed by atoms with Gasteiger partial charge in [-0.05, 0) is 42.7 Å². The van der Waals surface area contributed by atoms with Crippen molar-refractivity contribution in [3.63, 3.8) is 0 Å². The summed E-state index contributed by atoms with van der Waals surface area (Å²) in [6.07, 6.45) is 1.78. The van der Waals surface area contributed by atoms with Crippen molar-refractivity contribution in [2.45, 2.75) is 31.2 Å². The average Bonchev–Trinajstić information content (AvgIpc) is 2.67. The Balaban J connectivity index is 2.17. The van der Waals surface area contributed by atoms with E-state index in [2.05, 4.69) is 15.0 Å². The fourth-order valence-corrected chi connectivity index (χ4v) is 3.70. The molecule has 2 rings (SSSR count). The van der Waals surface area contributed by atoms with E-state index in [1.165, 1.54) is 32.5 Å². The Hall–Kier alpha value is -2.65. The molecule has 152 valence electrons. The van der Waals surface area contributed by atoms with Gasteiger partial charge in [0.05, 0.1) is 31.0 Å². The number of hydrogen-bond donors (Lipinski definition) is 2. The average molecular weight is 407 g/mol. The van der Waals surface area contributed by atoms with Crippen LogP contribution in [0.25, 0.3) is 0 Å². The molecule has 1 aromatic carbocycles. The van der Waals surface area contributed by atoms with Gasteiger partial charge >= 0.3 is 0 Å². The lowest BCUT2D eigenvalue weighted by Crippen LogP contribution is -2.44. The Kier molecular flexibility index (Phi) is 7.36. The van der Waals surface area contributed by atoms with Gasteiger partial charge in [0.1, 0.15) is 11.8 Å². The molecule has 1 unspecified atom stereocenters. The number of carbonyl (C=O) groups excluding carboxylic acids is 1. The molecule has 1 atom stereocenters. The molecule has 0 saturated carbocycles. The maximum absolute atomic E-state index is 12.7. The minimum absolute atomic E-state index is 0.0565. The summed E-state index contributed by atoms with van der Waals surface area (Å²) in [5, 5.41) is 2.69. The van der Waals surface area contributed by atoms with Gasteiger partial charge in [-0.25, -0.2) is 13.4 Å². The van der Waals surface area contributed by atoms with Gasteiger partial charge < -0.3 is 14.8 Å². The number of aromatic nitrogens is 1. The molecule has 0 spiro atoms. The summed E-state index contributed by atoms with van der Waals surface area (Å²) in [6, 6.07) is 8.26. The number of anilines is 1. The van der Waals surface area contributed by atoms with Gasteiger partial charge in [0.2, 0.25) is 21.8 Å². The van der Waals surface area contributed by atoms with Crippen molar-refractivity contribution in [1.82, 2.24) is 9.71 Å². The highest BCUT2D eigenvalue weighted by Crippen LogP contribution is 2.18. The fourth-order valence-electron chi connectivity index (χ4n) is 2.49. The molecule has 2 aromatic rings. The maximum Gasteiger partial charge on any atom is 0.242 e. The van der Waals surface area contributed by atoms with Crippen molar-refractivity contribution in [2.24, 2.45) is 5.92 Å². The molecule has 1 aromatic heterocycles. The monoisotopic (exact) mass is 407 g/mol. The predicted octanol–water partition coefficient (Wildman–Crippen LogP) is 2.43. The number of sulfonamides is 1. The van der Waals surface area contributed by atoms with Gasteiger partial charge in [-0.1, -0.05) is 13.8 Å². The van der Waals surface area contributed by atoms with Crippen LogP contribution in [-0.2, 0) is 14.8 Å². The third-order valence-electron chi connectivity index (χ3n) is 3.90. The zero-order chi connectivity index (χ0) is 20.7. The molecule has 0 saturated heterocycles. The molecule has 0 fully saturated rings. The second-order valence-corrected chi connectivity index (χ2v) is 8.27. The quantitative estimate of drug-likeness (QED) is 0.661. The highest BCUT2D eigenvalue weighted by molar-refractivity contribution is 7.89. The third kappa shape index (κ3) is 5.93. The first-order chi connectivity index (χ1) is 13.2. The summed E-state index contributed by atoms with van der Waals surface area (Å²) >= 11 is 0. The number of rotatable bonds is 9. The topological polar surface area (TPSA) is 107 Å². The lowest BCUT2D eigenvalue weighted by molar-refractivity contribution is -0.118. The number of pyridine rings is 1. The van der Waals surface area contributed by atoms with Crippen LogP contribution in [0.15, 0.2) is 47.5 Å². The van der Waals surface area contributed by atoms with Crippen LogP contribution in [0.4, 0.5) is 5.69 Å². The van der Waals surface area contributed by atoms with Crippen molar-refractivity contribution >= 4 is 21.6 Å². The van der Waals surface area contributed by atoms with E-state index in [1.807, 2.05) is 13.8 Å². The van der Waals surface area contributed by atoms with Crippen LogP contribution in [0.5, 0.6) is 11.6 Å². The van der Waals surface area contributed by atoms with Crippen LogP contribution >= 0.6 is 0 Å². The second kappa shape index (κ2) is 9.52. The molecular weight excluding hydrogens is 382 g/mol. The summed E-state index contributed by atoms with van der Waals surface area (Å²) in [5.74, 6) is 0.598. The van der Waals surface area contributed by atoms with E-state index in [0.717, 1.165) is 0 Å². The van der Waals surface area contributed by atoms with Crippen molar-refractivity contribution in [1.29, 1.82) is 0 Å². The molecule has 9 heteroatoms. The normalized spacial score (nSPS) is 12.5. The van der Waals surface area contributed by atoms with Crippen molar-refractivity contribution < 1.29 is 22.7 Å². The highest BCUT2D eigenvalue weighted by atomic mass is 32.2. The molecule has 0 aliphatic carbocycles. The standard InChI is InChI=1S/C19H25N3O5S/c1-13(2)11-17(19(23)21-14-5-10-18(27-4)20-12-14)22-28(24,25)16-8-6-15(26-3)7-9-16/h5-10,12-13,17,22H,11H2,1-4H3,(H,21,23). The first-order valence-electron chi connectivity index (χ1n) is 8.72. The van der Waals surface area contributed by atoms with Crippen LogP contribution in [0, 0.1) is 5.92 Å². The zero-order valence-electron chi connectivity index (χ0n) is 16.3. The number of ether oxygens (including phenoxy) is 2. The van der Waals surface area contributed by atoms with E-state index in [1.54, 1.807) is 24.3 Å². The molecule has 0 bridgehead atoms. The Morgan fingerprint density at radius 2 is 1.75 bits per heavy atom. The molecule has 1 heterocycles. The molecular formula is C19H25N3O5S. The maximum atomic E-state index is 12.7. The van der Waals surface area contributed by atoms with E-state index in [9.17, 15) is 13.2 Å². The molecule has 28 heavy (non-hydrogen) atoms. The summed E-state index contributed by atoms with van der Waals surface area (Å²) < 4.78 is 37.9. The minimum Gasteiger partial charge on any atom is -0.497 e. The van der Waals surface area contributed by atoms with Crippen molar-refractivity contribution in [2.75, 3.05) is 19.5 Å². The largest absolute Gasteiger partial charge is 0.497 e. The third-order valence-corrected chi connectivity index (χ3v) is 5.39. The molecule has 0 radical (unpaired) electrons. The number of nitrogens with one attached hydrogen (secondary N) is 2.